The second kappa shape index (κ2) is 11.5. The SMILES string of the molecule is C=C(C1CCCCC1)C1CCC(C)(O)C2CCC(O)(CCN=C(N)NCCc3ccccc3)C2C1. The Bertz CT molecular complexity index is 862. The molecule has 0 radical (unpaired) electrons. The zero-order chi connectivity index (χ0) is 24.9. The third-order valence-corrected chi connectivity index (χ3v) is 9.44. The molecule has 5 N–H and O–H groups in total. The maximum Gasteiger partial charge on any atom is 0.188 e. The molecule has 0 aliphatic heterocycles. The summed E-state index contributed by atoms with van der Waals surface area (Å²) in [5.41, 5.74) is 7.25. The minimum absolute atomic E-state index is 0.0906. The minimum Gasteiger partial charge on any atom is -0.390 e. The molecule has 35 heavy (non-hydrogen) atoms. The predicted molar refractivity (Wildman–Crippen MR) is 144 cm³/mol. The first-order chi connectivity index (χ1) is 16.8. The van der Waals surface area contributed by atoms with Crippen molar-refractivity contribution in [3.8, 4) is 0 Å². The molecule has 0 bridgehead atoms. The van der Waals surface area contributed by atoms with Crippen molar-refractivity contribution < 1.29 is 10.2 Å². The van der Waals surface area contributed by atoms with Crippen LogP contribution in [0.15, 0.2) is 47.5 Å². The highest BCUT2D eigenvalue weighted by Crippen LogP contribution is 2.55. The average molecular weight is 482 g/mol. The van der Waals surface area contributed by atoms with Gasteiger partial charge in [-0.3, -0.25) is 4.99 Å². The standard InChI is InChI=1S/C30H47N3O2/c1-22(24-11-7-4-8-12-24)25-13-16-29(2,34)26-14-17-30(35,27(26)21-25)18-20-33-28(31)32-19-15-23-9-5-3-6-10-23/h3,5-6,9-10,24-27,34-35H,1,4,7-8,11-21H2,2H3,(H3,31,32,33). The summed E-state index contributed by atoms with van der Waals surface area (Å²) in [7, 11) is 0. The van der Waals surface area contributed by atoms with Crippen molar-refractivity contribution in [2.75, 3.05) is 13.1 Å². The van der Waals surface area contributed by atoms with Gasteiger partial charge in [0.15, 0.2) is 5.96 Å². The van der Waals surface area contributed by atoms with E-state index in [-0.39, 0.29) is 11.8 Å². The lowest BCUT2D eigenvalue weighted by molar-refractivity contribution is -0.0638. The minimum atomic E-state index is -0.794. The molecule has 0 heterocycles. The second-order valence-electron chi connectivity index (χ2n) is 11.8. The topological polar surface area (TPSA) is 90.9 Å². The predicted octanol–water partition coefficient (Wildman–Crippen LogP) is 4.97. The van der Waals surface area contributed by atoms with Gasteiger partial charge in [-0.1, -0.05) is 61.7 Å². The number of aliphatic imine (C=N–C) groups is 1. The molecule has 5 nitrogen and oxygen atoms in total. The van der Waals surface area contributed by atoms with Crippen LogP contribution in [0, 0.1) is 23.7 Å². The summed E-state index contributed by atoms with van der Waals surface area (Å²) in [6, 6.07) is 10.3. The van der Waals surface area contributed by atoms with Crippen LogP contribution in [0.3, 0.4) is 0 Å². The zero-order valence-corrected chi connectivity index (χ0v) is 21.7. The molecule has 3 aliphatic rings. The van der Waals surface area contributed by atoms with Gasteiger partial charge in [-0.25, -0.2) is 0 Å². The Balaban J connectivity index is 1.35. The molecule has 1 aromatic carbocycles. The Hall–Kier alpha value is -1.85. The number of allylic oxidation sites excluding steroid dienone is 1. The van der Waals surface area contributed by atoms with Crippen molar-refractivity contribution in [1.29, 1.82) is 0 Å². The van der Waals surface area contributed by atoms with Crippen molar-refractivity contribution >= 4 is 5.96 Å². The van der Waals surface area contributed by atoms with E-state index in [1.54, 1.807) is 0 Å². The fourth-order valence-electron chi connectivity index (χ4n) is 7.23. The molecule has 4 rings (SSSR count). The number of guanidine groups is 1. The van der Waals surface area contributed by atoms with Crippen LogP contribution in [0.4, 0.5) is 0 Å². The van der Waals surface area contributed by atoms with Gasteiger partial charge in [0, 0.05) is 13.1 Å². The monoisotopic (exact) mass is 481 g/mol. The van der Waals surface area contributed by atoms with Crippen molar-refractivity contribution in [2.24, 2.45) is 34.4 Å². The lowest BCUT2D eigenvalue weighted by Gasteiger charge is -2.38. The fourth-order valence-corrected chi connectivity index (χ4v) is 7.23. The summed E-state index contributed by atoms with van der Waals surface area (Å²) in [6.07, 6.45) is 12.3. The Labute approximate surface area is 212 Å². The third-order valence-electron chi connectivity index (χ3n) is 9.44. The Morgan fingerprint density at radius 3 is 2.51 bits per heavy atom. The molecule has 1 aromatic rings. The van der Waals surface area contributed by atoms with Gasteiger partial charge in [0.25, 0.3) is 0 Å². The molecule has 0 saturated heterocycles. The maximum atomic E-state index is 11.8. The molecular formula is C30H47N3O2. The summed E-state index contributed by atoms with van der Waals surface area (Å²) >= 11 is 0. The highest BCUT2D eigenvalue weighted by molar-refractivity contribution is 5.77. The van der Waals surface area contributed by atoms with E-state index < -0.39 is 11.2 Å². The van der Waals surface area contributed by atoms with Crippen LogP contribution >= 0.6 is 0 Å². The first kappa shape index (κ1) is 26.2. The van der Waals surface area contributed by atoms with E-state index in [1.807, 2.05) is 25.1 Å². The van der Waals surface area contributed by atoms with Crippen LogP contribution in [0.25, 0.3) is 0 Å². The number of aliphatic hydroxyl groups is 2. The molecule has 3 aliphatic carbocycles. The van der Waals surface area contributed by atoms with Gasteiger partial charge in [0.1, 0.15) is 0 Å². The number of nitrogens with one attached hydrogen (secondary N) is 1. The number of nitrogens with two attached hydrogens (primary N) is 1. The summed E-state index contributed by atoms with van der Waals surface area (Å²) in [6.45, 7) is 7.81. The maximum absolute atomic E-state index is 11.8. The number of benzene rings is 1. The number of fused-ring (bicyclic) bond motifs is 1. The quantitative estimate of drug-likeness (QED) is 0.240. The Morgan fingerprint density at radius 2 is 1.77 bits per heavy atom. The van der Waals surface area contributed by atoms with Crippen molar-refractivity contribution in [2.45, 2.75) is 95.2 Å². The largest absolute Gasteiger partial charge is 0.390 e. The average Bonchev–Trinajstić information content (AvgIpc) is 3.11. The van der Waals surface area contributed by atoms with Crippen LogP contribution in [0.5, 0.6) is 0 Å². The van der Waals surface area contributed by atoms with Crippen molar-refractivity contribution in [1.82, 2.24) is 5.32 Å². The van der Waals surface area contributed by atoms with E-state index >= 15 is 0 Å². The van der Waals surface area contributed by atoms with Crippen LogP contribution in [0.2, 0.25) is 0 Å². The van der Waals surface area contributed by atoms with Crippen LogP contribution < -0.4 is 11.1 Å². The summed E-state index contributed by atoms with van der Waals surface area (Å²) < 4.78 is 0. The Kier molecular flexibility index (Phi) is 8.59. The number of rotatable bonds is 8. The van der Waals surface area contributed by atoms with Gasteiger partial charge in [-0.15, -0.1) is 0 Å². The van der Waals surface area contributed by atoms with Gasteiger partial charge in [0.05, 0.1) is 11.2 Å². The molecule has 3 fully saturated rings. The molecular weight excluding hydrogens is 434 g/mol. The third kappa shape index (κ3) is 6.48. The summed E-state index contributed by atoms with van der Waals surface area (Å²) in [5, 5.41) is 26.4. The molecule has 0 amide bonds. The van der Waals surface area contributed by atoms with Crippen LogP contribution in [-0.2, 0) is 6.42 Å². The number of hydrogen-bond acceptors (Lipinski definition) is 3. The fraction of sp³-hybridized carbons (Fsp3) is 0.700. The van der Waals surface area contributed by atoms with E-state index in [0.29, 0.717) is 30.8 Å². The molecule has 0 spiro atoms. The molecule has 0 aromatic heterocycles. The van der Waals surface area contributed by atoms with Gasteiger partial charge < -0.3 is 21.3 Å². The molecule has 194 valence electrons. The van der Waals surface area contributed by atoms with E-state index in [4.69, 9.17) is 5.73 Å². The van der Waals surface area contributed by atoms with E-state index in [0.717, 1.165) is 45.1 Å². The first-order valence-corrected chi connectivity index (χ1v) is 14.0. The number of nitrogens with zero attached hydrogens (tertiary/aromatic N) is 1. The Morgan fingerprint density at radius 1 is 1.03 bits per heavy atom. The summed E-state index contributed by atoms with van der Waals surface area (Å²) in [5.74, 6) is 1.69. The van der Waals surface area contributed by atoms with Crippen molar-refractivity contribution in [3.63, 3.8) is 0 Å². The summed E-state index contributed by atoms with van der Waals surface area (Å²) in [4.78, 5) is 4.53. The first-order valence-electron chi connectivity index (χ1n) is 14.0. The van der Waals surface area contributed by atoms with Crippen LogP contribution in [0.1, 0.15) is 83.1 Å². The second-order valence-corrected chi connectivity index (χ2v) is 11.8. The zero-order valence-electron chi connectivity index (χ0n) is 21.7. The molecule has 3 saturated carbocycles. The van der Waals surface area contributed by atoms with E-state index in [9.17, 15) is 10.2 Å². The normalized spacial score (nSPS) is 34.3. The molecule has 5 unspecified atom stereocenters. The van der Waals surface area contributed by atoms with E-state index in [1.165, 1.54) is 43.2 Å². The van der Waals surface area contributed by atoms with Gasteiger partial charge in [-0.05, 0) is 93.9 Å². The van der Waals surface area contributed by atoms with E-state index in [2.05, 4.69) is 29.0 Å². The lowest BCUT2D eigenvalue weighted by Crippen LogP contribution is -2.43. The highest BCUT2D eigenvalue weighted by atomic mass is 16.3. The highest BCUT2D eigenvalue weighted by Gasteiger charge is 2.54. The van der Waals surface area contributed by atoms with Gasteiger partial charge in [0.2, 0.25) is 0 Å². The molecule has 5 atom stereocenters. The number of hydrogen-bond donors (Lipinski definition) is 4. The van der Waals surface area contributed by atoms with Gasteiger partial charge >= 0.3 is 0 Å². The lowest BCUT2D eigenvalue weighted by atomic mass is 9.72. The van der Waals surface area contributed by atoms with Gasteiger partial charge in [-0.2, -0.15) is 0 Å². The smallest absolute Gasteiger partial charge is 0.188 e. The van der Waals surface area contributed by atoms with Crippen LogP contribution in [-0.4, -0.2) is 40.5 Å². The van der Waals surface area contributed by atoms with Crippen molar-refractivity contribution in [3.05, 3.63) is 48.0 Å². The molecule has 5 heteroatoms.